The Labute approximate surface area is 173 Å². The van der Waals surface area contributed by atoms with Gasteiger partial charge in [0.25, 0.3) is 5.91 Å². The predicted octanol–water partition coefficient (Wildman–Crippen LogP) is 5.89. The van der Waals surface area contributed by atoms with Gasteiger partial charge in [-0.1, -0.05) is 30.7 Å². The van der Waals surface area contributed by atoms with Crippen LogP contribution < -0.4 is 4.74 Å². The molecule has 0 spiro atoms. The van der Waals surface area contributed by atoms with E-state index < -0.39 is 0 Å². The lowest BCUT2D eigenvalue weighted by Gasteiger charge is -2.14. The molecule has 1 aliphatic rings. The zero-order valence-electron chi connectivity index (χ0n) is 15.8. The smallest absolute Gasteiger partial charge is 0.266 e. The number of halogens is 2. The van der Waals surface area contributed by atoms with Gasteiger partial charge in [0.2, 0.25) is 0 Å². The van der Waals surface area contributed by atoms with Crippen LogP contribution in [-0.2, 0) is 4.79 Å². The fourth-order valence-corrected chi connectivity index (χ4v) is 3.68. The number of carbonyl (C=O) groups excluding carboxylic acids is 1. The number of likely N-dealkylation sites (N-methyl/N-ethyl adjacent to an activating group) is 1. The van der Waals surface area contributed by atoms with Gasteiger partial charge in [-0.25, -0.2) is 9.38 Å². The number of ether oxygens (including phenoxy) is 1. The van der Waals surface area contributed by atoms with Crippen molar-refractivity contribution in [2.24, 2.45) is 4.99 Å². The van der Waals surface area contributed by atoms with Crippen molar-refractivity contribution < 1.29 is 13.9 Å². The molecule has 28 heavy (non-hydrogen) atoms. The lowest BCUT2D eigenvalue weighted by molar-refractivity contribution is -0.121. The number of amides is 1. The van der Waals surface area contributed by atoms with E-state index in [1.54, 1.807) is 37.4 Å². The van der Waals surface area contributed by atoms with E-state index in [0.717, 1.165) is 12.0 Å². The molecule has 0 aromatic heterocycles. The van der Waals surface area contributed by atoms with Gasteiger partial charge in [-0.05, 0) is 67.1 Å². The zero-order valence-corrected chi connectivity index (χ0v) is 17.4. The molecule has 0 bridgehead atoms. The standard InChI is InChI=1S/C21H20ClFN2O2S/c1-4-13(2)27-18-9-8-14(10-17(18)22)11-19-20(26)25(3)21(28-19)24-16-7-5-6-15(23)12-16/h5-13H,4H2,1-3H3/b19-11-,24-21?/t13-/m1/s1. The third kappa shape index (κ3) is 4.75. The van der Waals surface area contributed by atoms with Crippen molar-refractivity contribution in [1.82, 2.24) is 4.90 Å². The number of nitrogens with zero attached hydrogens (tertiary/aromatic N) is 2. The van der Waals surface area contributed by atoms with Crippen molar-refractivity contribution >= 4 is 46.2 Å². The normalized spacial score (nSPS) is 18.2. The first-order valence-electron chi connectivity index (χ1n) is 8.85. The van der Waals surface area contributed by atoms with Crippen LogP contribution in [0.25, 0.3) is 6.08 Å². The topological polar surface area (TPSA) is 41.9 Å². The summed E-state index contributed by atoms with van der Waals surface area (Å²) < 4.78 is 19.1. The fraction of sp³-hybridized carbons (Fsp3) is 0.238. The number of hydrogen-bond acceptors (Lipinski definition) is 4. The Morgan fingerprint density at radius 3 is 2.79 bits per heavy atom. The van der Waals surface area contributed by atoms with Crippen LogP contribution in [0.3, 0.4) is 0 Å². The minimum atomic E-state index is -0.371. The predicted molar refractivity (Wildman–Crippen MR) is 114 cm³/mol. The van der Waals surface area contributed by atoms with E-state index in [4.69, 9.17) is 16.3 Å². The van der Waals surface area contributed by atoms with Crippen LogP contribution in [0.1, 0.15) is 25.8 Å². The number of aliphatic imine (C=N–C) groups is 1. The van der Waals surface area contributed by atoms with Gasteiger partial charge in [0.1, 0.15) is 11.6 Å². The second-order valence-electron chi connectivity index (χ2n) is 6.38. The summed E-state index contributed by atoms with van der Waals surface area (Å²) in [6.07, 6.45) is 2.72. The average Bonchev–Trinajstić information content (AvgIpc) is 2.91. The Bertz CT molecular complexity index is 961. The van der Waals surface area contributed by atoms with Gasteiger partial charge in [0, 0.05) is 7.05 Å². The highest BCUT2D eigenvalue weighted by atomic mass is 35.5. The second kappa shape index (κ2) is 8.80. The van der Waals surface area contributed by atoms with E-state index in [1.807, 2.05) is 19.9 Å². The van der Waals surface area contributed by atoms with Crippen molar-refractivity contribution in [3.8, 4) is 5.75 Å². The lowest BCUT2D eigenvalue weighted by atomic mass is 10.2. The molecule has 1 heterocycles. The molecule has 1 aliphatic heterocycles. The maximum Gasteiger partial charge on any atom is 0.266 e. The number of rotatable bonds is 5. The summed E-state index contributed by atoms with van der Waals surface area (Å²) in [4.78, 5) is 18.9. The van der Waals surface area contributed by atoms with Crippen molar-refractivity contribution in [1.29, 1.82) is 0 Å². The molecule has 1 saturated heterocycles. The van der Waals surface area contributed by atoms with Crippen LogP contribution in [0, 0.1) is 5.82 Å². The summed E-state index contributed by atoms with van der Waals surface area (Å²) in [5, 5.41) is 0.983. The largest absolute Gasteiger partial charge is 0.489 e. The number of hydrogen-bond donors (Lipinski definition) is 0. The molecule has 146 valence electrons. The molecule has 0 N–H and O–H groups in total. The van der Waals surface area contributed by atoms with Gasteiger partial charge >= 0.3 is 0 Å². The van der Waals surface area contributed by atoms with E-state index in [9.17, 15) is 9.18 Å². The molecule has 2 aromatic carbocycles. The monoisotopic (exact) mass is 418 g/mol. The molecule has 0 radical (unpaired) electrons. The quantitative estimate of drug-likeness (QED) is 0.568. The molecule has 0 unspecified atom stereocenters. The van der Waals surface area contributed by atoms with Gasteiger partial charge in [0.05, 0.1) is 21.7 Å². The molecular weight excluding hydrogens is 399 g/mol. The average molecular weight is 419 g/mol. The summed E-state index contributed by atoms with van der Waals surface area (Å²) in [6.45, 7) is 4.02. The van der Waals surface area contributed by atoms with Crippen LogP contribution in [0.5, 0.6) is 5.75 Å². The number of carbonyl (C=O) groups is 1. The van der Waals surface area contributed by atoms with Crippen molar-refractivity contribution in [3.05, 3.63) is 63.8 Å². The first kappa shape index (κ1) is 20.4. The van der Waals surface area contributed by atoms with Crippen molar-refractivity contribution in [2.45, 2.75) is 26.4 Å². The van der Waals surface area contributed by atoms with E-state index in [-0.39, 0.29) is 17.8 Å². The Balaban J connectivity index is 1.83. The Kier molecular flexibility index (Phi) is 6.42. The summed E-state index contributed by atoms with van der Waals surface area (Å²) >= 11 is 7.55. The van der Waals surface area contributed by atoms with Crippen LogP contribution in [0.4, 0.5) is 10.1 Å². The van der Waals surface area contributed by atoms with Crippen LogP contribution in [0.15, 0.2) is 52.4 Å². The highest BCUT2D eigenvalue weighted by molar-refractivity contribution is 8.18. The minimum absolute atomic E-state index is 0.0731. The number of benzene rings is 2. The number of thioether (sulfide) groups is 1. The van der Waals surface area contributed by atoms with E-state index in [0.29, 0.717) is 26.5 Å². The number of amidine groups is 1. The second-order valence-corrected chi connectivity index (χ2v) is 7.79. The molecule has 1 fully saturated rings. The molecule has 7 heteroatoms. The highest BCUT2D eigenvalue weighted by Crippen LogP contribution is 2.34. The van der Waals surface area contributed by atoms with Gasteiger partial charge in [-0.2, -0.15) is 0 Å². The van der Waals surface area contributed by atoms with Crippen LogP contribution >= 0.6 is 23.4 Å². The zero-order chi connectivity index (χ0) is 20.3. The fourth-order valence-electron chi connectivity index (χ4n) is 2.46. The van der Waals surface area contributed by atoms with Gasteiger partial charge in [-0.15, -0.1) is 0 Å². The molecule has 0 saturated carbocycles. The maximum absolute atomic E-state index is 13.4. The van der Waals surface area contributed by atoms with Crippen LogP contribution in [-0.4, -0.2) is 29.1 Å². The van der Waals surface area contributed by atoms with Gasteiger partial charge in [0.15, 0.2) is 5.17 Å². The Morgan fingerprint density at radius 1 is 1.32 bits per heavy atom. The minimum Gasteiger partial charge on any atom is -0.489 e. The van der Waals surface area contributed by atoms with E-state index in [1.165, 1.54) is 28.8 Å². The maximum atomic E-state index is 13.4. The van der Waals surface area contributed by atoms with Gasteiger partial charge in [-0.3, -0.25) is 9.69 Å². The summed E-state index contributed by atoms with van der Waals surface area (Å²) in [5.74, 6) is 0.0779. The highest BCUT2D eigenvalue weighted by Gasteiger charge is 2.30. The van der Waals surface area contributed by atoms with Crippen LogP contribution in [0.2, 0.25) is 5.02 Å². The third-order valence-electron chi connectivity index (χ3n) is 4.19. The summed E-state index contributed by atoms with van der Waals surface area (Å²) in [5.41, 5.74) is 1.25. The molecule has 2 aromatic rings. The SMILES string of the molecule is CC[C@@H](C)Oc1ccc(/C=C2\SC(=Nc3cccc(F)c3)N(C)C2=O)cc1Cl. The Hall–Kier alpha value is -2.31. The summed E-state index contributed by atoms with van der Waals surface area (Å²) in [6, 6.07) is 11.4. The summed E-state index contributed by atoms with van der Waals surface area (Å²) in [7, 11) is 1.64. The van der Waals surface area contributed by atoms with Gasteiger partial charge < -0.3 is 4.74 Å². The molecule has 1 atom stereocenters. The first-order chi connectivity index (χ1) is 13.4. The molecular formula is C21H20ClFN2O2S. The molecule has 0 aliphatic carbocycles. The van der Waals surface area contributed by atoms with E-state index >= 15 is 0 Å². The third-order valence-corrected chi connectivity index (χ3v) is 5.55. The van der Waals surface area contributed by atoms with Crippen molar-refractivity contribution in [3.63, 3.8) is 0 Å². The van der Waals surface area contributed by atoms with Crippen molar-refractivity contribution in [2.75, 3.05) is 7.05 Å². The molecule has 1 amide bonds. The molecule has 3 rings (SSSR count). The molecule has 4 nitrogen and oxygen atoms in total. The lowest BCUT2D eigenvalue weighted by Crippen LogP contribution is -2.23. The first-order valence-corrected chi connectivity index (χ1v) is 10.0. The van der Waals surface area contributed by atoms with E-state index in [2.05, 4.69) is 4.99 Å². The Morgan fingerprint density at radius 2 is 2.11 bits per heavy atom.